The zero-order valence-corrected chi connectivity index (χ0v) is 15.7. The molecule has 1 saturated heterocycles. The van der Waals surface area contributed by atoms with Crippen LogP contribution in [0.2, 0.25) is 0 Å². The summed E-state index contributed by atoms with van der Waals surface area (Å²) in [5, 5.41) is 0. The average Bonchev–Trinajstić information content (AvgIpc) is 2.66. The normalized spacial score (nSPS) is 24.8. The van der Waals surface area contributed by atoms with Gasteiger partial charge in [0.1, 0.15) is 0 Å². The summed E-state index contributed by atoms with van der Waals surface area (Å²) in [4.78, 5) is 16.6. The molecule has 0 aromatic heterocycles. The van der Waals surface area contributed by atoms with Gasteiger partial charge in [0, 0.05) is 6.42 Å². The van der Waals surface area contributed by atoms with Crippen LogP contribution in [0.4, 0.5) is 0 Å². The molecule has 1 saturated carbocycles. The smallest absolute Gasteiger partial charge is 0.258 e. The van der Waals surface area contributed by atoms with E-state index in [-0.39, 0.29) is 5.91 Å². The summed E-state index contributed by atoms with van der Waals surface area (Å²) < 4.78 is 10.8. The van der Waals surface area contributed by atoms with E-state index in [2.05, 4.69) is 6.92 Å². The summed E-state index contributed by atoms with van der Waals surface area (Å²) in [5.74, 6) is 2.04. The molecule has 2 fully saturated rings. The molecule has 1 heterocycles. The SMILES string of the molecule is COc1cccc(C(=O)N2CC[NH+](C3CCCC(C)C3)CC2)c1OC. The number of nitrogens with zero attached hydrogens (tertiary/aromatic N) is 1. The molecular formula is C20H31N2O3+. The maximum absolute atomic E-state index is 13.0. The number of rotatable bonds is 4. The van der Waals surface area contributed by atoms with E-state index in [1.54, 1.807) is 19.1 Å². The fourth-order valence-electron chi connectivity index (χ4n) is 4.44. The number of hydrogen-bond donors (Lipinski definition) is 1. The minimum atomic E-state index is 0.0480. The lowest BCUT2D eigenvalue weighted by atomic mass is 9.86. The number of hydrogen-bond acceptors (Lipinski definition) is 3. The van der Waals surface area contributed by atoms with E-state index in [9.17, 15) is 4.79 Å². The van der Waals surface area contributed by atoms with Crippen LogP contribution in [0.1, 0.15) is 43.0 Å². The Bertz CT molecular complexity index is 597. The summed E-state index contributed by atoms with van der Waals surface area (Å²) in [6.07, 6.45) is 5.42. The highest BCUT2D eigenvalue weighted by atomic mass is 16.5. The second-order valence-corrected chi connectivity index (χ2v) is 7.46. The molecular weight excluding hydrogens is 316 g/mol. The van der Waals surface area contributed by atoms with Gasteiger partial charge in [-0.2, -0.15) is 0 Å². The minimum absolute atomic E-state index is 0.0480. The van der Waals surface area contributed by atoms with Gasteiger partial charge in [-0.3, -0.25) is 4.79 Å². The average molecular weight is 347 g/mol. The molecule has 1 aromatic rings. The number of methoxy groups -OCH3 is 2. The van der Waals surface area contributed by atoms with E-state index in [0.29, 0.717) is 17.1 Å². The van der Waals surface area contributed by atoms with Crippen LogP contribution < -0.4 is 14.4 Å². The second-order valence-electron chi connectivity index (χ2n) is 7.46. The molecule has 1 aliphatic carbocycles. The van der Waals surface area contributed by atoms with Crippen LogP contribution in [0.15, 0.2) is 18.2 Å². The first-order valence-electron chi connectivity index (χ1n) is 9.49. The summed E-state index contributed by atoms with van der Waals surface area (Å²) in [6.45, 7) is 6.12. The van der Waals surface area contributed by atoms with Crippen molar-refractivity contribution in [1.29, 1.82) is 0 Å². The van der Waals surface area contributed by atoms with E-state index < -0.39 is 0 Å². The Hall–Kier alpha value is -1.75. The highest BCUT2D eigenvalue weighted by molar-refractivity contribution is 5.97. The predicted molar refractivity (Wildman–Crippen MR) is 97.6 cm³/mol. The second kappa shape index (κ2) is 8.09. The highest BCUT2D eigenvalue weighted by Gasteiger charge is 2.33. The molecule has 1 amide bonds. The first kappa shape index (κ1) is 18.1. The number of carbonyl (C=O) groups excluding carboxylic acids is 1. The number of benzene rings is 1. The van der Waals surface area contributed by atoms with Crippen LogP contribution >= 0.6 is 0 Å². The number of quaternary nitrogens is 1. The van der Waals surface area contributed by atoms with Crippen molar-refractivity contribution in [2.24, 2.45) is 5.92 Å². The van der Waals surface area contributed by atoms with E-state index in [4.69, 9.17) is 9.47 Å². The maximum Gasteiger partial charge on any atom is 0.258 e. The van der Waals surface area contributed by atoms with Crippen LogP contribution in [0, 0.1) is 5.92 Å². The van der Waals surface area contributed by atoms with Crippen molar-refractivity contribution in [2.75, 3.05) is 40.4 Å². The number of ether oxygens (including phenoxy) is 2. The molecule has 0 radical (unpaired) electrons. The van der Waals surface area contributed by atoms with E-state index in [1.807, 2.05) is 23.1 Å². The van der Waals surface area contributed by atoms with Crippen molar-refractivity contribution in [3.05, 3.63) is 23.8 Å². The van der Waals surface area contributed by atoms with Gasteiger partial charge in [0.15, 0.2) is 11.5 Å². The summed E-state index contributed by atoms with van der Waals surface area (Å²) in [7, 11) is 3.18. The standard InChI is InChI=1S/C20H30N2O3/c1-15-6-4-7-16(14-15)21-10-12-22(13-11-21)20(23)17-8-5-9-18(24-2)19(17)25-3/h5,8-9,15-16H,4,6-7,10-14H2,1-3H3/p+1. The highest BCUT2D eigenvalue weighted by Crippen LogP contribution is 2.31. The topological polar surface area (TPSA) is 43.2 Å². The number of amides is 1. The maximum atomic E-state index is 13.0. The van der Waals surface area contributed by atoms with Gasteiger partial charge in [0.25, 0.3) is 5.91 Å². The molecule has 5 nitrogen and oxygen atoms in total. The summed E-state index contributed by atoms with van der Waals surface area (Å²) >= 11 is 0. The van der Waals surface area contributed by atoms with Crippen molar-refractivity contribution in [1.82, 2.24) is 4.90 Å². The number of piperazine rings is 1. The van der Waals surface area contributed by atoms with E-state index in [0.717, 1.165) is 38.1 Å². The summed E-state index contributed by atoms with van der Waals surface area (Å²) in [5.41, 5.74) is 0.594. The molecule has 1 aliphatic heterocycles. The number of carbonyl (C=O) groups is 1. The Morgan fingerprint density at radius 2 is 1.92 bits per heavy atom. The van der Waals surface area contributed by atoms with Crippen molar-refractivity contribution >= 4 is 5.91 Å². The number of para-hydroxylation sites is 1. The van der Waals surface area contributed by atoms with Crippen molar-refractivity contribution in [2.45, 2.75) is 38.6 Å². The van der Waals surface area contributed by atoms with Crippen LogP contribution in [-0.2, 0) is 0 Å². The lowest BCUT2D eigenvalue weighted by Gasteiger charge is -2.39. The third-order valence-corrected chi connectivity index (χ3v) is 5.84. The third-order valence-electron chi connectivity index (χ3n) is 5.84. The molecule has 2 atom stereocenters. The first-order valence-corrected chi connectivity index (χ1v) is 9.49. The fraction of sp³-hybridized carbons (Fsp3) is 0.650. The molecule has 2 unspecified atom stereocenters. The van der Waals surface area contributed by atoms with Crippen molar-refractivity contribution in [3.63, 3.8) is 0 Å². The largest absolute Gasteiger partial charge is 0.493 e. The third kappa shape index (κ3) is 3.92. The lowest BCUT2D eigenvalue weighted by Crippen LogP contribution is -3.18. The Morgan fingerprint density at radius 3 is 2.56 bits per heavy atom. The molecule has 2 aliphatic rings. The van der Waals surface area contributed by atoms with Crippen LogP contribution in [-0.4, -0.2) is 57.2 Å². The molecule has 0 spiro atoms. The lowest BCUT2D eigenvalue weighted by molar-refractivity contribution is -0.930. The monoisotopic (exact) mass is 347 g/mol. The van der Waals surface area contributed by atoms with Gasteiger partial charge in [-0.1, -0.05) is 19.4 Å². The Labute approximate surface area is 150 Å². The molecule has 138 valence electrons. The number of nitrogens with one attached hydrogen (secondary N) is 1. The predicted octanol–water partition coefficient (Wildman–Crippen LogP) is 1.62. The zero-order valence-electron chi connectivity index (χ0n) is 15.7. The van der Waals surface area contributed by atoms with Gasteiger partial charge in [0.2, 0.25) is 0 Å². The molecule has 25 heavy (non-hydrogen) atoms. The minimum Gasteiger partial charge on any atom is -0.493 e. The van der Waals surface area contributed by atoms with Crippen LogP contribution in [0.25, 0.3) is 0 Å². The molecule has 1 N–H and O–H groups in total. The molecule has 5 heteroatoms. The molecule has 1 aromatic carbocycles. The van der Waals surface area contributed by atoms with Crippen molar-refractivity contribution < 1.29 is 19.2 Å². The van der Waals surface area contributed by atoms with Crippen LogP contribution in [0.3, 0.4) is 0 Å². The van der Waals surface area contributed by atoms with Gasteiger partial charge in [0.05, 0.1) is 52.0 Å². The molecule has 3 rings (SSSR count). The van der Waals surface area contributed by atoms with Crippen LogP contribution in [0.5, 0.6) is 11.5 Å². The molecule has 0 bridgehead atoms. The first-order chi connectivity index (χ1) is 12.1. The van der Waals surface area contributed by atoms with Gasteiger partial charge >= 0.3 is 0 Å². The zero-order chi connectivity index (χ0) is 17.8. The Morgan fingerprint density at radius 1 is 1.16 bits per heavy atom. The Kier molecular flexibility index (Phi) is 5.84. The van der Waals surface area contributed by atoms with E-state index >= 15 is 0 Å². The van der Waals surface area contributed by atoms with Gasteiger partial charge < -0.3 is 19.3 Å². The fourth-order valence-corrected chi connectivity index (χ4v) is 4.44. The van der Waals surface area contributed by atoms with Gasteiger partial charge in [-0.05, 0) is 30.9 Å². The quantitative estimate of drug-likeness (QED) is 0.900. The van der Waals surface area contributed by atoms with E-state index in [1.165, 1.54) is 25.7 Å². The summed E-state index contributed by atoms with van der Waals surface area (Å²) in [6, 6.07) is 6.28. The van der Waals surface area contributed by atoms with Gasteiger partial charge in [-0.15, -0.1) is 0 Å². The Balaban J connectivity index is 1.64. The van der Waals surface area contributed by atoms with Gasteiger partial charge in [-0.25, -0.2) is 0 Å². The van der Waals surface area contributed by atoms with Crippen molar-refractivity contribution in [3.8, 4) is 11.5 Å².